The van der Waals surface area contributed by atoms with Gasteiger partial charge in [0.05, 0.1) is 17.3 Å². The number of nitrogens with zero attached hydrogens (tertiary/aromatic N) is 2. The third kappa shape index (κ3) is 3.04. The predicted octanol–water partition coefficient (Wildman–Crippen LogP) is 3.33. The van der Waals surface area contributed by atoms with E-state index >= 15 is 0 Å². The molecule has 0 saturated heterocycles. The molecule has 19 heavy (non-hydrogen) atoms. The van der Waals surface area contributed by atoms with Gasteiger partial charge in [-0.3, -0.25) is 0 Å². The van der Waals surface area contributed by atoms with Gasteiger partial charge in [-0.25, -0.2) is 4.98 Å². The van der Waals surface area contributed by atoms with Crippen LogP contribution in [-0.2, 0) is 6.42 Å². The molecule has 0 aliphatic carbocycles. The topological polar surface area (TPSA) is 74.7 Å². The zero-order chi connectivity index (χ0) is 13.8. The van der Waals surface area contributed by atoms with E-state index in [2.05, 4.69) is 23.3 Å². The molecule has 1 aromatic heterocycles. The number of aryl methyl sites for hydroxylation is 1. The molecule has 0 spiro atoms. The van der Waals surface area contributed by atoms with E-state index in [0.717, 1.165) is 17.1 Å². The number of hydrogen-bond donors (Lipinski definition) is 2. The standard InChI is InChI=1S/C14H16N4S/c1-3-12-8-17-14(19-12)9(2)18-13-5-4-11(16)6-10(13)7-15/h4-6,8-9,18H,3,16H2,1-2H3. The molecule has 1 unspecified atom stereocenters. The van der Waals surface area contributed by atoms with Crippen molar-refractivity contribution in [1.82, 2.24) is 4.98 Å². The first kappa shape index (κ1) is 13.4. The average molecular weight is 272 g/mol. The van der Waals surface area contributed by atoms with Gasteiger partial charge in [0.25, 0.3) is 0 Å². The van der Waals surface area contributed by atoms with Crippen LogP contribution >= 0.6 is 11.3 Å². The lowest BCUT2D eigenvalue weighted by Gasteiger charge is -2.14. The van der Waals surface area contributed by atoms with E-state index in [9.17, 15) is 0 Å². The molecule has 0 radical (unpaired) electrons. The summed E-state index contributed by atoms with van der Waals surface area (Å²) in [5.41, 5.74) is 7.62. The zero-order valence-corrected chi connectivity index (χ0v) is 11.8. The first-order valence-electron chi connectivity index (χ1n) is 6.14. The maximum absolute atomic E-state index is 9.11. The molecule has 0 aliphatic heterocycles. The summed E-state index contributed by atoms with van der Waals surface area (Å²) in [5, 5.41) is 13.4. The van der Waals surface area contributed by atoms with E-state index in [4.69, 9.17) is 11.0 Å². The third-order valence-corrected chi connectivity index (χ3v) is 4.15. The van der Waals surface area contributed by atoms with Crippen LogP contribution in [0.15, 0.2) is 24.4 Å². The van der Waals surface area contributed by atoms with Crippen LogP contribution in [0, 0.1) is 11.3 Å². The first-order valence-corrected chi connectivity index (χ1v) is 6.96. The van der Waals surface area contributed by atoms with Crippen LogP contribution in [0.25, 0.3) is 0 Å². The summed E-state index contributed by atoms with van der Waals surface area (Å²) in [5.74, 6) is 0. The smallest absolute Gasteiger partial charge is 0.115 e. The molecule has 0 saturated carbocycles. The number of aromatic nitrogens is 1. The SMILES string of the molecule is CCc1cnc(C(C)Nc2ccc(N)cc2C#N)s1. The van der Waals surface area contributed by atoms with Gasteiger partial charge in [0.15, 0.2) is 0 Å². The van der Waals surface area contributed by atoms with Gasteiger partial charge in [0.2, 0.25) is 0 Å². The number of benzene rings is 1. The molecule has 2 aromatic rings. The third-order valence-electron chi connectivity index (χ3n) is 2.83. The Labute approximate surface area is 116 Å². The van der Waals surface area contributed by atoms with Crippen molar-refractivity contribution in [1.29, 1.82) is 5.26 Å². The number of anilines is 2. The molecule has 0 amide bonds. The molecule has 0 bridgehead atoms. The van der Waals surface area contributed by atoms with E-state index in [-0.39, 0.29) is 6.04 Å². The van der Waals surface area contributed by atoms with Gasteiger partial charge in [0, 0.05) is 16.8 Å². The molecule has 1 aromatic carbocycles. The van der Waals surface area contributed by atoms with Crippen molar-refractivity contribution < 1.29 is 0 Å². The number of rotatable bonds is 4. The van der Waals surface area contributed by atoms with Crippen LogP contribution < -0.4 is 11.1 Å². The van der Waals surface area contributed by atoms with Crippen molar-refractivity contribution in [3.05, 3.63) is 39.8 Å². The van der Waals surface area contributed by atoms with Gasteiger partial charge >= 0.3 is 0 Å². The van der Waals surface area contributed by atoms with E-state index in [1.54, 1.807) is 23.5 Å². The summed E-state index contributed by atoms with van der Waals surface area (Å²) in [6.45, 7) is 4.15. The van der Waals surface area contributed by atoms with Crippen molar-refractivity contribution in [3.63, 3.8) is 0 Å². The monoisotopic (exact) mass is 272 g/mol. The van der Waals surface area contributed by atoms with Crippen LogP contribution in [0.3, 0.4) is 0 Å². The van der Waals surface area contributed by atoms with Gasteiger partial charge in [0.1, 0.15) is 11.1 Å². The Hall–Kier alpha value is -2.06. The summed E-state index contributed by atoms with van der Waals surface area (Å²) in [4.78, 5) is 5.67. The van der Waals surface area contributed by atoms with Gasteiger partial charge in [-0.15, -0.1) is 11.3 Å². The molecule has 0 fully saturated rings. The van der Waals surface area contributed by atoms with Crippen LogP contribution in [-0.4, -0.2) is 4.98 Å². The van der Waals surface area contributed by atoms with E-state index in [0.29, 0.717) is 11.3 Å². The summed E-state index contributed by atoms with van der Waals surface area (Å²) < 4.78 is 0. The minimum atomic E-state index is 0.0704. The molecule has 3 N–H and O–H groups in total. The summed E-state index contributed by atoms with van der Waals surface area (Å²) in [6.07, 6.45) is 2.90. The second-order valence-corrected chi connectivity index (χ2v) is 5.45. The summed E-state index contributed by atoms with van der Waals surface area (Å²) in [7, 11) is 0. The molecule has 0 aliphatic rings. The maximum atomic E-state index is 9.11. The molecule has 1 heterocycles. The van der Waals surface area contributed by atoms with Crippen molar-refractivity contribution in [2.75, 3.05) is 11.1 Å². The molecule has 5 heteroatoms. The fourth-order valence-corrected chi connectivity index (χ4v) is 2.62. The average Bonchev–Trinajstić information content (AvgIpc) is 2.89. The minimum Gasteiger partial charge on any atom is -0.399 e. The Morgan fingerprint density at radius 2 is 2.32 bits per heavy atom. The minimum absolute atomic E-state index is 0.0704. The number of nitriles is 1. The molecule has 2 rings (SSSR count). The van der Waals surface area contributed by atoms with E-state index in [1.165, 1.54) is 4.88 Å². The zero-order valence-electron chi connectivity index (χ0n) is 11.0. The second kappa shape index (κ2) is 5.72. The van der Waals surface area contributed by atoms with Crippen LogP contribution in [0.2, 0.25) is 0 Å². The quantitative estimate of drug-likeness (QED) is 0.837. The first-order chi connectivity index (χ1) is 9.13. The maximum Gasteiger partial charge on any atom is 0.115 e. The molecule has 4 nitrogen and oxygen atoms in total. The van der Waals surface area contributed by atoms with Crippen molar-refractivity contribution in [2.24, 2.45) is 0 Å². The normalized spacial score (nSPS) is 11.8. The second-order valence-electron chi connectivity index (χ2n) is 4.30. The Morgan fingerprint density at radius 1 is 1.53 bits per heavy atom. The highest BCUT2D eigenvalue weighted by Gasteiger charge is 2.12. The lowest BCUT2D eigenvalue weighted by Crippen LogP contribution is -2.07. The van der Waals surface area contributed by atoms with Gasteiger partial charge in [-0.1, -0.05) is 6.92 Å². The summed E-state index contributed by atoms with van der Waals surface area (Å²) >= 11 is 1.70. The molecular weight excluding hydrogens is 256 g/mol. The number of nitrogen functional groups attached to an aromatic ring is 1. The van der Waals surface area contributed by atoms with Crippen LogP contribution in [0.4, 0.5) is 11.4 Å². The lowest BCUT2D eigenvalue weighted by molar-refractivity contribution is 0.869. The largest absolute Gasteiger partial charge is 0.399 e. The lowest BCUT2D eigenvalue weighted by atomic mass is 10.1. The van der Waals surface area contributed by atoms with Crippen LogP contribution in [0.5, 0.6) is 0 Å². The summed E-state index contributed by atoms with van der Waals surface area (Å²) in [6, 6.07) is 7.51. The number of nitrogens with two attached hydrogens (primary N) is 1. The van der Waals surface area contributed by atoms with E-state index in [1.807, 2.05) is 19.2 Å². The molecule has 1 atom stereocenters. The number of nitrogens with one attached hydrogen (secondary N) is 1. The highest BCUT2D eigenvalue weighted by Crippen LogP contribution is 2.26. The van der Waals surface area contributed by atoms with Gasteiger partial charge in [-0.2, -0.15) is 5.26 Å². The van der Waals surface area contributed by atoms with Crippen molar-refractivity contribution in [3.8, 4) is 6.07 Å². The fourth-order valence-electron chi connectivity index (χ4n) is 1.76. The highest BCUT2D eigenvalue weighted by molar-refractivity contribution is 7.11. The molecule has 98 valence electrons. The Balaban J connectivity index is 2.19. The fraction of sp³-hybridized carbons (Fsp3) is 0.286. The number of thiazole rings is 1. The predicted molar refractivity (Wildman–Crippen MR) is 79.1 cm³/mol. The highest BCUT2D eigenvalue weighted by atomic mass is 32.1. The van der Waals surface area contributed by atoms with Crippen LogP contribution in [0.1, 0.15) is 35.3 Å². The van der Waals surface area contributed by atoms with Gasteiger partial charge < -0.3 is 11.1 Å². The van der Waals surface area contributed by atoms with Crippen molar-refractivity contribution in [2.45, 2.75) is 26.3 Å². The Kier molecular flexibility index (Phi) is 4.03. The number of hydrogen-bond acceptors (Lipinski definition) is 5. The van der Waals surface area contributed by atoms with Crippen molar-refractivity contribution >= 4 is 22.7 Å². The van der Waals surface area contributed by atoms with Gasteiger partial charge in [-0.05, 0) is 31.5 Å². The Bertz CT molecular complexity index is 612. The van der Waals surface area contributed by atoms with E-state index < -0.39 is 0 Å². The molecular formula is C14H16N4S. The Morgan fingerprint density at radius 3 is 2.95 bits per heavy atom.